The van der Waals surface area contributed by atoms with Crippen LogP contribution in [0.25, 0.3) is 15.8 Å². The molecular formula is C24H21F3N2O2S. The fraction of sp³-hybridized carbons (Fsp3) is 0.250. The monoisotopic (exact) mass is 458 g/mol. The lowest BCUT2D eigenvalue weighted by Gasteiger charge is -2.13. The number of hydrogen-bond donors (Lipinski definition) is 0. The third-order valence-corrected chi connectivity index (χ3v) is 6.35. The second kappa shape index (κ2) is 8.78. The molecule has 1 atom stereocenters. The number of halogens is 3. The van der Waals surface area contributed by atoms with Gasteiger partial charge < -0.3 is 9.53 Å². The topological polar surface area (TPSA) is 44.1 Å². The Hall–Kier alpha value is -3.13. The van der Waals surface area contributed by atoms with Gasteiger partial charge in [0.15, 0.2) is 0 Å². The normalized spacial score (nSPS) is 12.8. The first-order valence-electron chi connectivity index (χ1n) is 10.1. The molecule has 0 spiro atoms. The van der Waals surface area contributed by atoms with E-state index in [1.54, 1.807) is 16.0 Å². The second-order valence-electron chi connectivity index (χ2n) is 7.66. The number of carbonyl (C=O) groups is 1. The summed E-state index contributed by atoms with van der Waals surface area (Å²) in [6, 6.07) is 10.8. The lowest BCUT2D eigenvalue weighted by atomic mass is 10.0. The number of ether oxygens (including phenoxy) is 1. The highest BCUT2D eigenvalue weighted by Crippen LogP contribution is 2.31. The highest BCUT2D eigenvalue weighted by Gasteiger charge is 2.30. The number of aldehydes is 1. The number of alkyl halides is 3. The minimum atomic E-state index is -4.36. The molecule has 0 aliphatic heterocycles. The van der Waals surface area contributed by atoms with Gasteiger partial charge in [0.05, 0.1) is 23.6 Å². The lowest BCUT2D eigenvalue weighted by Crippen LogP contribution is -2.07. The first-order valence-corrected chi connectivity index (χ1v) is 10.9. The van der Waals surface area contributed by atoms with Crippen LogP contribution in [0.3, 0.4) is 0 Å². The summed E-state index contributed by atoms with van der Waals surface area (Å²) in [4.78, 5) is 10.8. The second-order valence-corrected chi connectivity index (χ2v) is 8.57. The molecule has 32 heavy (non-hydrogen) atoms. The first-order chi connectivity index (χ1) is 15.3. The Balaban J connectivity index is 1.46. The van der Waals surface area contributed by atoms with Crippen LogP contribution in [0.15, 0.2) is 54.0 Å². The molecule has 0 bridgehead atoms. The Bertz CT molecular complexity index is 1240. The van der Waals surface area contributed by atoms with Gasteiger partial charge >= 0.3 is 6.18 Å². The zero-order valence-electron chi connectivity index (χ0n) is 17.5. The molecule has 4 nitrogen and oxygen atoms in total. The van der Waals surface area contributed by atoms with Crippen LogP contribution >= 0.6 is 11.3 Å². The summed E-state index contributed by atoms with van der Waals surface area (Å²) >= 11 is 1.58. The van der Waals surface area contributed by atoms with Crippen molar-refractivity contribution in [1.82, 2.24) is 9.78 Å². The smallest absolute Gasteiger partial charge is 0.416 e. The van der Waals surface area contributed by atoms with Crippen LogP contribution in [0.4, 0.5) is 13.2 Å². The number of benzene rings is 2. The van der Waals surface area contributed by atoms with E-state index in [0.29, 0.717) is 18.7 Å². The molecule has 0 saturated carbocycles. The zero-order chi connectivity index (χ0) is 22.9. The fourth-order valence-electron chi connectivity index (χ4n) is 3.60. The average Bonchev–Trinajstić information content (AvgIpc) is 3.35. The minimum Gasteiger partial charge on any atom is -0.493 e. The van der Waals surface area contributed by atoms with Gasteiger partial charge in [0.2, 0.25) is 0 Å². The van der Waals surface area contributed by atoms with Crippen LogP contribution in [-0.4, -0.2) is 22.7 Å². The minimum absolute atomic E-state index is 0.0304. The van der Waals surface area contributed by atoms with Gasteiger partial charge in [0.25, 0.3) is 0 Å². The van der Waals surface area contributed by atoms with Crippen molar-refractivity contribution in [1.29, 1.82) is 0 Å². The Morgan fingerprint density at radius 1 is 1.19 bits per heavy atom. The van der Waals surface area contributed by atoms with Crippen LogP contribution in [0.1, 0.15) is 35.2 Å². The molecule has 0 radical (unpaired) electrons. The molecule has 0 aliphatic rings. The fourth-order valence-corrected chi connectivity index (χ4v) is 4.61. The molecule has 4 rings (SSSR count). The molecule has 166 valence electrons. The van der Waals surface area contributed by atoms with Crippen molar-refractivity contribution in [2.45, 2.75) is 32.4 Å². The Morgan fingerprint density at radius 2 is 1.94 bits per heavy atom. The average molecular weight is 459 g/mol. The predicted molar refractivity (Wildman–Crippen MR) is 119 cm³/mol. The van der Waals surface area contributed by atoms with Crippen LogP contribution in [0, 0.1) is 6.92 Å². The molecule has 0 saturated heterocycles. The summed E-state index contributed by atoms with van der Waals surface area (Å²) in [5.41, 5.74) is 2.66. The van der Waals surface area contributed by atoms with E-state index in [2.05, 4.69) is 5.10 Å². The molecule has 0 N–H and O–H groups in total. The summed E-state index contributed by atoms with van der Waals surface area (Å²) in [6.07, 6.45) is -1.22. The maximum atomic E-state index is 12.8. The van der Waals surface area contributed by atoms with Crippen molar-refractivity contribution in [2.75, 3.05) is 6.61 Å². The van der Waals surface area contributed by atoms with Crippen molar-refractivity contribution < 1.29 is 22.7 Å². The van der Waals surface area contributed by atoms with E-state index < -0.39 is 11.7 Å². The van der Waals surface area contributed by atoms with Crippen molar-refractivity contribution in [2.24, 2.45) is 0 Å². The number of thiophene rings is 1. The van der Waals surface area contributed by atoms with Crippen LogP contribution < -0.4 is 4.74 Å². The summed E-state index contributed by atoms with van der Waals surface area (Å²) < 4.78 is 47.0. The lowest BCUT2D eigenvalue weighted by molar-refractivity contribution is -0.137. The summed E-state index contributed by atoms with van der Waals surface area (Å²) in [5.74, 6) is 0.777. The number of fused-ring (bicyclic) bond motifs is 1. The van der Waals surface area contributed by atoms with E-state index >= 15 is 0 Å². The van der Waals surface area contributed by atoms with E-state index in [0.717, 1.165) is 51.1 Å². The van der Waals surface area contributed by atoms with E-state index in [1.807, 2.05) is 43.6 Å². The Labute approximate surface area is 187 Å². The third kappa shape index (κ3) is 4.55. The number of nitrogens with zero attached hydrogens (tertiary/aromatic N) is 2. The largest absolute Gasteiger partial charge is 0.493 e. The first kappa shape index (κ1) is 22.1. The SMILES string of the molecule is Cc1nn(-c2ccc(C(F)(F)F)cc2)cc1C(C)COc1ccc2c(CC=O)csc2c1. The predicted octanol–water partition coefficient (Wildman–Crippen LogP) is 6.34. The van der Waals surface area contributed by atoms with Crippen LogP contribution in [0.5, 0.6) is 5.75 Å². The van der Waals surface area contributed by atoms with E-state index in [9.17, 15) is 18.0 Å². The molecule has 2 aromatic carbocycles. The molecule has 0 amide bonds. The third-order valence-electron chi connectivity index (χ3n) is 5.36. The number of hydrogen-bond acceptors (Lipinski definition) is 4. The zero-order valence-corrected chi connectivity index (χ0v) is 18.3. The van der Waals surface area contributed by atoms with E-state index in [-0.39, 0.29) is 5.92 Å². The van der Waals surface area contributed by atoms with Gasteiger partial charge in [-0.2, -0.15) is 18.3 Å². The molecule has 0 aliphatic carbocycles. The van der Waals surface area contributed by atoms with E-state index in [1.165, 1.54) is 12.1 Å². The summed E-state index contributed by atoms with van der Waals surface area (Å²) in [5, 5.41) is 7.52. The van der Waals surface area contributed by atoms with Crippen molar-refractivity contribution in [3.63, 3.8) is 0 Å². The highest BCUT2D eigenvalue weighted by molar-refractivity contribution is 7.17. The molecule has 2 aromatic heterocycles. The molecule has 0 fully saturated rings. The number of carbonyl (C=O) groups excluding carboxylic acids is 1. The summed E-state index contributed by atoms with van der Waals surface area (Å²) in [6.45, 7) is 4.32. The number of aromatic nitrogens is 2. The van der Waals surface area contributed by atoms with Crippen LogP contribution in [0.2, 0.25) is 0 Å². The molecule has 8 heteroatoms. The van der Waals surface area contributed by atoms with Gasteiger partial charge in [0, 0.05) is 23.2 Å². The molecule has 2 heterocycles. The number of aryl methyl sites for hydroxylation is 1. The maximum Gasteiger partial charge on any atom is 0.416 e. The quantitative estimate of drug-likeness (QED) is 0.304. The van der Waals surface area contributed by atoms with Crippen molar-refractivity contribution >= 4 is 27.7 Å². The van der Waals surface area contributed by atoms with Crippen LogP contribution in [-0.2, 0) is 17.4 Å². The van der Waals surface area contributed by atoms with Gasteiger partial charge in [-0.15, -0.1) is 11.3 Å². The van der Waals surface area contributed by atoms with Gasteiger partial charge in [0.1, 0.15) is 12.0 Å². The Kier molecular flexibility index (Phi) is 6.06. The maximum absolute atomic E-state index is 12.8. The Morgan fingerprint density at radius 3 is 2.62 bits per heavy atom. The molecular weight excluding hydrogens is 437 g/mol. The van der Waals surface area contributed by atoms with E-state index in [4.69, 9.17) is 4.74 Å². The van der Waals surface area contributed by atoms with Crippen molar-refractivity contribution in [3.05, 3.63) is 76.4 Å². The van der Waals surface area contributed by atoms with Gasteiger partial charge in [-0.3, -0.25) is 0 Å². The molecule has 4 aromatic rings. The molecule has 1 unspecified atom stereocenters. The number of rotatable bonds is 7. The van der Waals surface area contributed by atoms with Gasteiger partial charge in [-0.05, 0) is 71.3 Å². The standard InChI is InChI=1S/C24H21F3N2O2S/c1-15(13-31-20-7-8-21-17(9-10-30)14-32-23(21)11-20)22-12-29(28-16(22)2)19-5-3-18(4-6-19)24(25,26)27/h3-8,10-12,14-15H,9,13H2,1-2H3. The highest BCUT2D eigenvalue weighted by atomic mass is 32.1. The van der Waals surface area contributed by atoms with Gasteiger partial charge in [-0.25, -0.2) is 4.68 Å². The van der Waals surface area contributed by atoms with Gasteiger partial charge in [-0.1, -0.05) is 6.92 Å². The summed E-state index contributed by atoms with van der Waals surface area (Å²) in [7, 11) is 0. The van der Waals surface area contributed by atoms with Crippen molar-refractivity contribution in [3.8, 4) is 11.4 Å².